The average Bonchev–Trinajstić information content (AvgIpc) is 3.42. The number of benzene rings is 2. The van der Waals surface area contributed by atoms with Gasteiger partial charge in [-0.05, 0) is 75.4 Å². The summed E-state index contributed by atoms with van der Waals surface area (Å²) in [6, 6.07) is 10.7. The van der Waals surface area contributed by atoms with Gasteiger partial charge in [0.2, 0.25) is 0 Å². The molecule has 2 saturated heterocycles. The summed E-state index contributed by atoms with van der Waals surface area (Å²) in [6.45, 7) is 4.46. The van der Waals surface area contributed by atoms with Gasteiger partial charge in [-0.1, -0.05) is 0 Å². The predicted molar refractivity (Wildman–Crippen MR) is 136 cm³/mol. The Morgan fingerprint density at radius 3 is 2.36 bits per heavy atom. The molecular formula is C28H36N2O6. The average molecular weight is 497 g/mol. The molecule has 1 unspecified atom stereocenters. The second-order valence-corrected chi connectivity index (χ2v) is 9.09. The van der Waals surface area contributed by atoms with E-state index in [-0.39, 0.29) is 24.5 Å². The first kappa shape index (κ1) is 25.7. The van der Waals surface area contributed by atoms with Gasteiger partial charge in [-0.25, -0.2) is 0 Å². The Kier molecular flexibility index (Phi) is 8.57. The summed E-state index contributed by atoms with van der Waals surface area (Å²) in [6.07, 6.45) is 4.97. The minimum Gasteiger partial charge on any atom is -0.497 e. The topological polar surface area (TPSA) is 77.5 Å². The van der Waals surface area contributed by atoms with E-state index in [1.54, 1.807) is 32.4 Å². The Hall–Kier alpha value is -3.42. The number of likely N-dealkylation sites (tertiary alicyclic amines) is 2. The Labute approximate surface area is 213 Å². The van der Waals surface area contributed by atoms with Gasteiger partial charge >= 0.3 is 0 Å². The van der Waals surface area contributed by atoms with Gasteiger partial charge in [0.1, 0.15) is 11.5 Å². The van der Waals surface area contributed by atoms with E-state index in [2.05, 4.69) is 0 Å². The third kappa shape index (κ3) is 5.69. The Morgan fingerprint density at radius 2 is 1.64 bits per heavy atom. The SMILES string of the molecule is CCOc1cc(C(=O)N2CCCC2c2cc(OC)ccc2OC)ccc1OCC(=O)N1CCCCC1. The number of carbonyl (C=O) groups excluding carboxylic acids is 2. The summed E-state index contributed by atoms with van der Waals surface area (Å²) in [7, 11) is 3.26. The second-order valence-electron chi connectivity index (χ2n) is 9.09. The number of hydrogen-bond acceptors (Lipinski definition) is 6. The summed E-state index contributed by atoms with van der Waals surface area (Å²) in [5, 5.41) is 0. The fourth-order valence-electron chi connectivity index (χ4n) is 5.00. The van der Waals surface area contributed by atoms with Crippen molar-refractivity contribution in [3.8, 4) is 23.0 Å². The first-order valence-electron chi connectivity index (χ1n) is 12.8. The lowest BCUT2D eigenvalue weighted by Crippen LogP contribution is -2.38. The van der Waals surface area contributed by atoms with Crippen LogP contribution in [0.1, 0.15) is 61.0 Å². The van der Waals surface area contributed by atoms with Gasteiger partial charge in [-0.2, -0.15) is 0 Å². The fourth-order valence-corrected chi connectivity index (χ4v) is 5.00. The maximum Gasteiger partial charge on any atom is 0.260 e. The molecule has 2 aromatic rings. The molecule has 1 atom stereocenters. The largest absolute Gasteiger partial charge is 0.497 e. The number of methoxy groups -OCH3 is 2. The molecule has 8 nitrogen and oxygen atoms in total. The third-order valence-electron chi connectivity index (χ3n) is 6.86. The third-order valence-corrected chi connectivity index (χ3v) is 6.86. The Morgan fingerprint density at radius 1 is 0.861 bits per heavy atom. The highest BCUT2D eigenvalue weighted by atomic mass is 16.5. The van der Waals surface area contributed by atoms with E-state index in [1.807, 2.05) is 34.9 Å². The van der Waals surface area contributed by atoms with Crippen LogP contribution in [0, 0.1) is 0 Å². The number of ether oxygens (including phenoxy) is 4. The van der Waals surface area contributed by atoms with Crippen molar-refractivity contribution < 1.29 is 28.5 Å². The van der Waals surface area contributed by atoms with Crippen LogP contribution in [0.3, 0.4) is 0 Å². The van der Waals surface area contributed by atoms with E-state index < -0.39 is 0 Å². The van der Waals surface area contributed by atoms with Crippen LogP contribution < -0.4 is 18.9 Å². The number of carbonyl (C=O) groups is 2. The van der Waals surface area contributed by atoms with Gasteiger partial charge in [-0.3, -0.25) is 9.59 Å². The summed E-state index contributed by atoms with van der Waals surface area (Å²) in [5.41, 5.74) is 1.45. The molecule has 0 saturated carbocycles. The van der Waals surface area contributed by atoms with Crippen molar-refractivity contribution in [2.45, 2.75) is 45.1 Å². The van der Waals surface area contributed by atoms with Crippen LogP contribution in [0.15, 0.2) is 36.4 Å². The van der Waals surface area contributed by atoms with Crippen molar-refractivity contribution >= 4 is 11.8 Å². The molecule has 2 aliphatic heterocycles. The monoisotopic (exact) mass is 496 g/mol. The molecule has 0 N–H and O–H groups in total. The zero-order valence-electron chi connectivity index (χ0n) is 21.5. The lowest BCUT2D eigenvalue weighted by molar-refractivity contribution is -0.134. The summed E-state index contributed by atoms with van der Waals surface area (Å²) >= 11 is 0. The van der Waals surface area contributed by atoms with E-state index >= 15 is 0 Å². The van der Waals surface area contributed by atoms with E-state index in [4.69, 9.17) is 18.9 Å². The predicted octanol–water partition coefficient (Wildman–Crippen LogP) is 4.47. The van der Waals surface area contributed by atoms with Crippen LogP contribution in [0.25, 0.3) is 0 Å². The first-order chi connectivity index (χ1) is 17.5. The maximum atomic E-state index is 13.6. The minimum absolute atomic E-state index is 0.0237. The molecule has 0 aliphatic carbocycles. The van der Waals surface area contributed by atoms with E-state index in [0.29, 0.717) is 30.2 Å². The molecule has 2 fully saturated rings. The van der Waals surface area contributed by atoms with Gasteiger partial charge < -0.3 is 28.7 Å². The Balaban J connectivity index is 1.51. The van der Waals surface area contributed by atoms with Gasteiger partial charge in [0.25, 0.3) is 11.8 Å². The molecule has 4 rings (SSSR count). The molecule has 2 aliphatic rings. The molecule has 36 heavy (non-hydrogen) atoms. The number of hydrogen-bond donors (Lipinski definition) is 0. The molecule has 194 valence electrons. The molecule has 0 radical (unpaired) electrons. The van der Waals surface area contributed by atoms with Crippen LogP contribution in [-0.2, 0) is 4.79 Å². The molecule has 0 bridgehead atoms. The van der Waals surface area contributed by atoms with Crippen LogP contribution in [0.5, 0.6) is 23.0 Å². The molecule has 2 amide bonds. The molecular weight excluding hydrogens is 460 g/mol. The van der Waals surface area contributed by atoms with Gasteiger partial charge in [0.15, 0.2) is 18.1 Å². The van der Waals surface area contributed by atoms with Crippen LogP contribution in [-0.4, -0.2) is 68.7 Å². The molecule has 8 heteroatoms. The standard InChI is InChI=1S/C28H36N2O6/c1-4-35-26-17-20(10-12-25(26)36-19-27(31)29-14-6-5-7-15-29)28(32)30-16-8-9-23(30)22-18-21(33-2)11-13-24(22)34-3/h10-13,17-18,23H,4-9,14-16,19H2,1-3H3. The lowest BCUT2D eigenvalue weighted by Gasteiger charge is -2.27. The van der Waals surface area contributed by atoms with E-state index in [9.17, 15) is 9.59 Å². The van der Waals surface area contributed by atoms with Crippen LogP contribution in [0.4, 0.5) is 0 Å². The van der Waals surface area contributed by atoms with E-state index in [0.717, 1.165) is 62.3 Å². The highest BCUT2D eigenvalue weighted by molar-refractivity contribution is 5.95. The minimum atomic E-state index is -0.115. The molecule has 0 spiro atoms. The van der Waals surface area contributed by atoms with Crippen LogP contribution in [0.2, 0.25) is 0 Å². The van der Waals surface area contributed by atoms with Crippen molar-refractivity contribution in [1.29, 1.82) is 0 Å². The normalized spacial score (nSPS) is 17.6. The van der Waals surface area contributed by atoms with Crippen molar-refractivity contribution in [1.82, 2.24) is 9.80 Å². The summed E-state index contributed by atoms with van der Waals surface area (Å²) in [4.78, 5) is 29.9. The zero-order valence-corrected chi connectivity index (χ0v) is 21.5. The summed E-state index contributed by atoms with van der Waals surface area (Å²) in [5.74, 6) is 2.28. The van der Waals surface area contributed by atoms with Crippen LogP contribution >= 0.6 is 0 Å². The number of piperidine rings is 1. The quantitative estimate of drug-likeness (QED) is 0.510. The van der Waals surface area contributed by atoms with Gasteiger partial charge in [-0.15, -0.1) is 0 Å². The highest BCUT2D eigenvalue weighted by Crippen LogP contribution is 2.40. The lowest BCUT2D eigenvalue weighted by atomic mass is 10.0. The number of nitrogens with zero attached hydrogens (tertiary/aromatic N) is 2. The fraction of sp³-hybridized carbons (Fsp3) is 0.500. The zero-order chi connectivity index (χ0) is 25.5. The smallest absolute Gasteiger partial charge is 0.260 e. The highest BCUT2D eigenvalue weighted by Gasteiger charge is 2.33. The molecule has 0 aromatic heterocycles. The maximum absolute atomic E-state index is 13.6. The van der Waals surface area contributed by atoms with Crippen molar-refractivity contribution in [3.63, 3.8) is 0 Å². The summed E-state index contributed by atoms with van der Waals surface area (Å²) < 4.78 is 22.6. The molecule has 2 aromatic carbocycles. The van der Waals surface area contributed by atoms with Crippen molar-refractivity contribution in [2.75, 3.05) is 47.1 Å². The van der Waals surface area contributed by atoms with Gasteiger partial charge in [0, 0.05) is 30.8 Å². The Bertz CT molecular complexity index is 1070. The number of amides is 2. The first-order valence-corrected chi connectivity index (χ1v) is 12.8. The van der Waals surface area contributed by atoms with Crippen molar-refractivity contribution in [2.24, 2.45) is 0 Å². The second kappa shape index (κ2) is 12.0. The van der Waals surface area contributed by atoms with E-state index in [1.165, 1.54) is 0 Å². The molecule has 2 heterocycles. The van der Waals surface area contributed by atoms with Crippen molar-refractivity contribution in [3.05, 3.63) is 47.5 Å². The number of rotatable bonds is 9. The van der Waals surface area contributed by atoms with Gasteiger partial charge in [0.05, 0.1) is 26.9 Å².